The molecule has 1 rings (SSSR count). The van der Waals surface area contributed by atoms with Crippen LogP contribution in [0.4, 0.5) is 0 Å². The molecule has 0 amide bonds. The van der Waals surface area contributed by atoms with Gasteiger partial charge in [-0.1, -0.05) is 19.8 Å². The molecule has 0 aliphatic heterocycles. The SMILES string of the molecule is CC(O)CC1(C=O)CCCC(C)C1. The van der Waals surface area contributed by atoms with Gasteiger partial charge in [-0.05, 0) is 32.1 Å². The second-order valence-electron chi connectivity index (χ2n) is 4.73. The summed E-state index contributed by atoms with van der Waals surface area (Å²) in [7, 11) is 0. The molecule has 1 aliphatic carbocycles. The van der Waals surface area contributed by atoms with Crippen LogP contribution in [-0.2, 0) is 4.79 Å². The van der Waals surface area contributed by atoms with Gasteiger partial charge in [0.05, 0.1) is 6.10 Å². The van der Waals surface area contributed by atoms with Crippen LogP contribution in [0.2, 0.25) is 0 Å². The predicted molar refractivity (Wildman–Crippen MR) is 52.4 cm³/mol. The predicted octanol–water partition coefficient (Wildman–Crippen LogP) is 2.15. The summed E-state index contributed by atoms with van der Waals surface area (Å²) >= 11 is 0. The third kappa shape index (κ3) is 2.80. The van der Waals surface area contributed by atoms with Crippen molar-refractivity contribution in [2.75, 3.05) is 0 Å². The molecule has 3 atom stereocenters. The van der Waals surface area contributed by atoms with Crippen molar-refractivity contribution in [1.82, 2.24) is 0 Å². The Bertz CT molecular complexity index is 173. The van der Waals surface area contributed by atoms with Gasteiger partial charge in [0.2, 0.25) is 0 Å². The van der Waals surface area contributed by atoms with E-state index >= 15 is 0 Å². The molecule has 1 fully saturated rings. The lowest BCUT2D eigenvalue weighted by Crippen LogP contribution is -2.32. The number of rotatable bonds is 3. The molecule has 0 spiro atoms. The summed E-state index contributed by atoms with van der Waals surface area (Å²) in [6.45, 7) is 3.96. The molecule has 0 radical (unpaired) electrons. The fraction of sp³-hybridized carbons (Fsp3) is 0.909. The van der Waals surface area contributed by atoms with E-state index < -0.39 is 0 Å². The average Bonchev–Trinajstić information content (AvgIpc) is 2.03. The maximum absolute atomic E-state index is 11.1. The van der Waals surface area contributed by atoms with Gasteiger partial charge in [-0.15, -0.1) is 0 Å². The van der Waals surface area contributed by atoms with Gasteiger partial charge in [0, 0.05) is 5.41 Å². The van der Waals surface area contributed by atoms with Crippen LogP contribution in [0, 0.1) is 11.3 Å². The van der Waals surface area contributed by atoms with E-state index in [2.05, 4.69) is 6.92 Å². The van der Waals surface area contributed by atoms with Crippen LogP contribution in [0.3, 0.4) is 0 Å². The average molecular weight is 184 g/mol. The highest BCUT2D eigenvalue weighted by Crippen LogP contribution is 2.40. The van der Waals surface area contributed by atoms with E-state index in [-0.39, 0.29) is 11.5 Å². The van der Waals surface area contributed by atoms with E-state index in [4.69, 9.17) is 0 Å². The van der Waals surface area contributed by atoms with E-state index in [0.717, 1.165) is 25.5 Å². The van der Waals surface area contributed by atoms with Crippen LogP contribution in [-0.4, -0.2) is 17.5 Å². The zero-order valence-corrected chi connectivity index (χ0v) is 8.62. The van der Waals surface area contributed by atoms with Crippen LogP contribution in [0.5, 0.6) is 0 Å². The molecule has 0 bridgehead atoms. The smallest absolute Gasteiger partial charge is 0.126 e. The van der Waals surface area contributed by atoms with Gasteiger partial charge in [0.25, 0.3) is 0 Å². The minimum absolute atomic E-state index is 0.216. The molecule has 2 heteroatoms. The third-order valence-corrected chi connectivity index (χ3v) is 3.08. The molecule has 0 heterocycles. The molecule has 0 aromatic carbocycles. The summed E-state index contributed by atoms with van der Waals surface area (Å²) in [4.78, 5) is 11.1. The molecule has 3 unspecified atom stereocenters. The molecule has 1 saturated carbocycles. The van der Waals surface area contributed by atoms with E-state index in [9.17, 15) is 9.90 Å². The second-order valence-corrected chi connectivity index (χ2v) is 4.73. The number of hydrogen-bond acceptors (Lipinski definition) is 2. The molecule has 1 N–H and O–H groups in total. The molecule has 2 nitrogen and oxygen atoms in total. The van der Waals surface area contributed by atoms with Gasteiger partial charge < -0.3 is 9.90 Å². The minimum atomic E-state index is -0.351. The molecule has 0 aromatic heterocycles. The Morgan fingerprint density at radius 3 is 2.85 bits per heavy atom. The quantitative estimate of drug-likeness (QED) is 0.682. The number of hydrogen-bond donors (Lipinski definition) is 1. The van der Waals surface area contributed by atoms with Crippen LogP contribution in [0.15, 0.2) is 0 Å². The highest BCUT2D eigenvalue weighted by Gasteiger charge is 2.35. The first kappa shape index (κ1) is 10.7. The van der Waals surface area contributed by atoms with Crippen molar-refractivity contribution < 1.29 is 9.90 Å². The monoisotopic (exact) mass is 184 g/mol. The molecule has 1 aliphatic rings. The summed E-state index contributed by atoms with van der Waals surface area (Å²) in [6, 6.07) is 0. The van der Waals surface area contributed by atoms with Gasteiger partial charge in [-0.25, -0.2) is 0 Å². The van der Waals surface area contributed by atoms with Crippen molar-refractivity contribution in [3.05, 3.63) is 0 Å². The Balaban J connectivity index is 2.61. The van der Waals surface area contributed by atoms with Crippen molar-refractivity contribution in [2.24, 2.45) is 11.3 Å². The minimum Gasteiger partial charge on any atom is -0.393 e. The topological polar surface area (TPSA) is 37.3 Å². The van der Waals surface area contributed by atoms with Gasteiger partial charge in [-0.2, -0.15) is 0 Å². The van der Waals surface area contributed by atoms with Crippen molar-refractivity contribution >= 4 is 6.29 Å². The molecule has 13 heavy (non-hydrogen) atoms. The number of aliphatic hydroxyl groups excluding tert-OH is 1. The summed E-state index contributed by atoms with van der Waals surface area (Å²) < 4.78 is 0. The number of aliphatic hydroxyl groups is 1. The van der Waals surface area contributed by atoms with Crippen LogP contribution >= 0.6 is 0 Å². The second kappa shape index (κ2) is 4.23. The molecule has 0 saturated heterocycles. The zero-order chi connectivity index (χ0) is 9.90. The fourth-order valence-electron chi connectivity index (χ4n) is 2.63. The Labute approximate surface area is 80.3 Å². The first-order chi connectivity index (χ1) is 6.08. The van der Waals surface area contributed by atoms with Crippen molar-refractivity contribution in [1.29, 1.82) is 0 Å². The molecular formula is C11H20O2. The van der Waals surface area contributed by atoms with Crippen molar-refractivity contribution in [2.45, 2.75) is 52.1 Å². The highest BCUT2D eigenvalue weighted by atomic mass is 16.3. The lowest BCUT2D eigenvalue weighted by atomic mass is 9.68. The van der Waals surface area contributed by atoms with Crippen LogP contribution < -0.4 is 0 Å². The fourth-order valence-corrected chi connectivity index (χ4v) is 2.63. The Hall–Kier alpha value is -0.370. The molecular weight excluding hydrogens is 164 g/mol. The largest absolute Gasteiger partial charge is 0.393 e. The maximum Gasteiger partial charge on any atom is 0.126 e. The van der Waals surface area contributed by atoms with Crippen LogP contribution in [0.25, 0.3) is 0 Å². The van der Waals surface area contributed by atoms with E-state index in [1.807, 2.05) is 0 Å². The molecule has 0 aromatic rings. The Morgan fingerprint density at radius 1 is 1.69 bits per heavy atom. The first-order valence-electron chi connectivity index (χ1n) is 5.22. The number of carbonyl (C=O) groups excluding carboxylic acids is 1. The van der Waals surface area contributed by atoms with Crippen molar-refractivity contribution in [3.63, 3.8) is 0 Å². The van der Waals surface area contributed by atoms with Gasteiger partial charge in [0.15, 0.2) is 0 Å². The Kier molecular flexibility index (Phi) is 3.48. The number of carbonyl (C=O) groups is 1. The summed E-state index contributed by atoms with van der Waals surface area (Å²) in [5, 5.41) is 9.33. The molecule has 76 valence electrons. The van der Waals surface area contributed by atoms with Crippen LogP contribution in [0.1, 0.15) is 46.0 Å². The summed E-state index contributed by atoms with van der Waals surface area (Å²) in [5.41, 5.74) is -0.216. The van der Waals surface area contributed by atoms with Crippen molar-refractivity contribution in [3.8, 4) is 0 Å². The maximum atomic E-state index is 11.1. The van der Waals surface area contributed by atoms with E-state index in [1.165, 1.54) is 6.42 Å². The Morgan fingerprint density at radius 2 is 2.38 bits per heavy atom. The lowest BCUT2D eigenvalue weighted by Gasteiger charge is -2.36. The standard InChI is InChI=1S/C11H20O2/c1-9-4-3-5-11(6-9,8-12)7-10(2)13/h8-10,13H,3-7H2,1-2H3. The highest BCUT2D eigenvalue weighted by molar-refractivity contribution is 5.59. The lowest BCUT2D eigenvalue weighted by molar-refractivity contribution is -0.120. The third-order valence-electron chi connectivity index (χ3n) is 3.08. The van der Waals surface area contributed by atoms with E-state index in [0.29, 0.717) is 12.3 Å². The summed E-state index contributed by atoms with van der Waals surface area (Å²) in [5.74, 6) is 0.637. The van der Waals surface area contributed by atoms with E-state index in [1.54, 1.807) is 6.92 Å². The normalized spacial score (nSPS) is 37.0. The van der Waals surface area contributed by atoms with Gasteiger partial charge in [-0.3, -0.25) is 0 Å². The summed E-state index contributed by atoms with van der Waals surface area (Å²) in [6.07, 6.45) is 5.65. The zero-order valence-electron chi connectivity index (χ0n) is 8.62. The van der Waals surface area contributed by atoms with Gasteiger partial charge in [0.1, 0.15) is 6.29 Å². The number of aldehydes is 1. The first-order valence-corrected chi connectivity index (χ1v) is 5.22. The van der Waals surface area contributed by atoms with Gasteiger partial charge >= 0.3 is 0 Å².